The van der Waals surface area contributed by atoms with Crippen molar-refractivity contribution in [1.29, 1.82) is 0 Å². The molecule has 17 nitrogen and oxygen atoms in total. The number of rotatable bonds is 23. The lowest BCUT2D eigenvalue weighted by Gasteiger charge is -2.27. The van der Waals surface area contributed by atoms with Crippen LogP contribution in [0.1, 0.15) is 103 Å². The number of amides is 1. The average Bonchev–Trinajstić information content (AvgIpc) is 3.60. The van der Waals surface area contributed by atoms with Gasteiger partial charge in [0.25, 0.3) is 40.5 Å². The van der Waals surface area contributed by atoms with E-state index >= 15 is 0 Å². The molecular formula is C49H64ClN4O13S4+. The summed E-state index contributed by atoms with van der Waals surface area (Å²) in [6.07, 6.45) is 12.9. The number of primary amides is 1. The second-order valence-electron chi connectivity index (χ2n) is 19.4. The van der Waals surface area contributed by atoms with E-state index < -0.39 is 68.6 Å². The van der Waals surface area contributed by atoms with Crippen molar-refractivity contribution in [2.75, 3.05) is 53.2 Å². The molecule has 0 atom stereocenters. The summed E-state index contributed by atoms with van der Waals surface area (Å²) in [7, 11) is -17.2. The molecular weight excluding hydrogens is 1020 g/mol. The Morgan fingerprint density at radius 2 is 1.41 bits per heavy atom. The van der Waals surface area contributed by atoms with Gasteiger partial charge >= 0.3 is 0 Å². The van der Waals surface area contributed by atoms with Crippen molar-refractivity contribution in [2.45, 2.75) is 108 Å². The Kier molecular flexibility index (Phi) is 17.3. The number of nitrogens with two attached hydrogens (primary N) is 1. The van der Waals surface area contributed by atoms with Crippen molar-refractivity contribution in [2.24, 2.45) is 5.73 Å². The van der Waals surface area contributed by atoms with Gasteiger partial charge in [-0.25, -0.2) is 0 Å². The topological polar surface area (TPSA) is 270 Å². The van der Waals surface area contributed by atoms with Gasteiger partial charge in [-0.15, -0.1) is 0 Å². The Bertz CT molecular complexity index is 3160. The Hall–Kier alpha value is -4.45. The molecule has 6 rings (SSSR count). The standard InChI is InChI=1S/C49H63ClN4O13S4/c1-48(2)40-33-37(52(25-9-29-68(56,57)58)26-10-30-69(59,60)61)18-22-41(40)53(28-11-31-70(62,63)64)43(48)23-16-34-12-8-13-35(47(34)50)17-24-44-49(3,4)46-39-20-19-38(71(65,66)67)32-36(39)15-21-42(46)54(44)27-7-5-6-14-45(51)55/h15-24,32-33H,5-14,25-31H2,1-4H3,(H5-,51,55,56,57,58,59,60,61,62,63,64,65,66,67)/p+1. The third-order valence-corrected chi connectivity index (χ3v) is 17.2. The first-order valence-electron chi connectivity index (χ1n) is 23.5. The van der Waals surface area contributed by atoms with Crippen molar-refractivity contribution < 1.29 is 61.3 Å². The van der Waals surface area contributed by atoms with E-state index in [0.717, 1.165) is 69.7 Å². The molecule has 0 fully saturated rings. The van der Waals surface area contributed by atoms with Crippen LogP contribution in [0.5, 0.6) is 0 Å². The van der Waals surface area contributed by atoms with Crippen molar-refractivity contribution in [3.05, 3.63) is 106 Å². The number of carbonyl (C=O) groups excluding carboxylic acids is 1. The summed E-state index contributed by atoms with van der Waals surface area (Å²) < 4.78 is 134. The smallest absolute Gasteiger partial charge is 0.294 e. The zero-order valence-electron chi connectivity index (χ0n) is 40.3. The maximum atomic E-state index is 12.1. The summed E-state index contributed by atoms with van der Waals surface area (Å²) in [6, 6.07) is 14.0. The number of hydrogen-bond donors (Lipinski definition) is 5. The van der Waals surface area contributed by atoms with Gasteiger partial charge in [-0.05, 0) is 123 Å². The van der Waals surface area contributed by atoms with Crippen LogP contribution in [0.2, 0.25) is 0 Å². The number of carbonyl (C=O) groups is 1. The molecule has 388 valence electrons. The molecule has 0 radical (unpaired) electrons. The lowest BCUT2D eigenvalue weighted by Crippen LogP contribution is -2.30. The number of benzene rings is 3. The maximum Gasteiger partial charge on any atom is 0.294 e. The molecule has 0 aromatic heterocycles. The summed E-state index contributed by atoms with van der Waals surface area (Å²) in [4.78, 5) is 15.3. The molecule has 6 N–H and O–H groups in total. The fraction of sp³-hybridized carbons (Fsp3) is 0.469. The SMILES string of the molecule is CC1(C)C(/C=C/C2=C(Cl)C(=C/C=C3\N(CCCCCC(N)=O)c4ccc5cc(S(=O)(=O)O)ccc5c4C3(C)C)/CCC2)=[N+](CCCS(=O)(=O)O)c2ccc(N(CCCS(=O)(=O)O)CCCS(=O)(=O)O)cc21. The van der Waals surface area contributed by atoms with Gasteiger partial charge in [0.2, 0.25) is 11.6 Å². The largest absolute Gasteiger partial charge is 0.371 e. The second-order valence-corrected chi connectivity index (χ2v) is 25.9. The van der Waals surface area contributed by atoms with E-state index in [-0.39, 0.29) is 49.7 Å². The van der Waals surface area contributed by atoms with Crippen LogP contribution in [0.4, 0.5) is 17.1 Å². The zero-order chi connectivity index (χ0) is 52.3. The van der Waals surface area contributed by atoms with E-state index in [4.69, 9.17) is 17.3 Å². The van der Waals surface area contributed by atoms with Crippen molar-refractivity contribution in [1.82, 2.24) is 0 Å². The highest BCUT2D eigenvalue weighted by molar-refractivity contribution is 7.86. The van der Waals surface area contributed by atoms with Gasteiger partial charge in [0, 0.05) is 77.7 Å². The number of anilines is 2. The highest BCUT2D eigenvalue weighted by Gasteiger charge is 2.45. The van der Waals surface area contributed by atoms with Crippen molar-refractivity contribution in [3.63, 3.8) is 0 Å². The molecule has 1 amide bonds. The molecule has 1 aliphatic carbocycles. The lowest BCUT2D eigenvalue weighted by atomic mass is 9.80. The van der Waals surface area contributed by atoms with E-state index in [9.17, 15) is 56.7 Å². The van der Waals surface area contributed by atoms with Crippen LogP contribution in [0, 0.1) is 0 Å². The Morgan fingerprint density at radius 1 is 0.761 bits per heavy atom. The highest BCUT2D eigenvalue weighted by atomic mass is 35.5. The van der Waals surface area contributed by atoms with Gasteiger partial charge < -0.3 is 15.5 Å². The minimum Gasteiger partial charge on any atom is -0.371 e. The fourth-order valence-corrected chi connectivity index (χ4v) is 12.4. The Balaban J connectivity index is 1.36. The molecule has 0 saturated heterocycles. The van der Waals surface area contributed by atoms with Gasteiger partial charge in [-0.2, -0.15) is 38.2 Å². The lowest BCUT2D eigenvalue weighted by molar-refractivity contribution is -0.437. The number of unbranched alkanes of at least 4 members (excludes halogenated alkanes) is 2. The first-order valence-corrected chi connectivity index (χ1v) is 30.1. The van der Waals surface area contributed by atoms with E-state index in [2.05, 4.69) is 24.8 Å². The van der Waals surface area contributed by atoms with E-state index in [0.29, 0.717) is 48.3 Å². The number of nitrogens with zero attached hydrogens (tertiary/aromatic N) is 3. The van der Waals surface area contributed by atoms with Gasteiger partial charge in [0.1, 0.15) is 6.54 Å². The summed E-state index contributed by atoms with van der Waals surface area (Å²) in [6.45, 7) is 9.40. The Labute approximate surface area is 422 Å². The van der Waals surface area contributed by atoms with Crippen molar-refractivity contribution >= 4 is 91.5 Å². The number of hydrogen-bond acceptors (Lipinski definition) is 11. The minimum absolute atomic E-state index is 0.0414. The monoisotopic (exact) mass is 1080 g/mol. The fourth-order valence-electron chi connectivity index (χ4n) is 10.0. The highest BCUT2D eigenvalue weighted by Crippen LogP contribution is 2.51. The van der Waals surface area contributed by atoms with Crippen LogP contribution in [0.3, 0.4) is 0 Å². The predicted molar refractivity (Wildman–Crippen MR) is 278 cm³/mol. The Morgan fingerprint density at radius 3 is 2.03 bits per heavy atom. The molecule has 0 spiro atoms. The number of halogens is 1. The predicted octanol–water partition coefficient (Wildman–Crippen LogP) is 7.99. The molecule has 2 heterocycles. The van der Waals surface area contributed by atoms with E-state index in [1.807, 2.05) is 60.9 Å². The van der Waals surface area contributed by atoms with Gasteiger partial charge in [-0.3, -0.25) is 23.0 Å². The molecule has 0 bridgehead atoms. The van der Waals surface area contributed by atoms with Gasteiger partial charge in [0.05, 0.1) is 27.6 Å². The molecule has 0 saturated carbocycles. The normalized spacial score (nSPS) is 18.4. The zero-order valence-corrected chi connectivity index (χ0v) is 44.4. The van der Waals surface area contributed by atoms with Crippen LogP contribution < -0.4 is 15.5 Å². The summed E-state index contributed by atoms with van der Waals surface area (Å²) in [5, 5.41) is 2.09. The first-order chi connectivity index (χ1) is 33.0. The number of allylic oxidation sites excluding steroid dienone is 8. The van der Waals surface area contributed by atoms with E-state index in [1.165, 1.54) is 12.1 Å². The number of fused-ring (bicyclic) bond motifs is 4. The van der Waals surface area contributed by atoms with Crippen LogP contribution in [0.25, 0.3) is 10.8 Å². The molecule has 3 aliphatic rings. The van der Waals surface area contributed by atoms with Gasteiger partial charge in [0.15, 0.2) is 5.71 Å². The molecule has 3 aromatic carbocycles. The molecule has 71 heavy (non-hydrogen) atoms. The molecule has 0 unspecified atom stereocenters. The summed E-state index contributed by atoms with van der Waals surface area (Å²) in [5.74, 6) is -1.84. The van der Waals surface area contributed by atoms with Crippen LogP contribution in [-0.2, 0) is 56.1 Å². The second kappa shape index (κ2) is 21.9. The van der Waals surface area contributed by atoms with Crippen LogP contribution >= 0.6 is 11.6 Å². The summed E-state index contributed by atoms with van der Waals surface area (Å²) in [5.41, 5.74) is 11.9. The minimum atomic E-state index is -4.43. The van der Waals surface area contributed by atoms with Crippen molar-refractivity contribution in [3.8, 4) is 0 Å². The molecule has 2 aliphatic heterocycles. The molecule has 3 aromatic rings. The third-order valence-electron chi connectivity index (χ3n) is 13.4. The van der Waals surface area contributed by atoms with Crippen LogP contribution in [0.15, 0.2) is 99.6 Å². The van der Waals surface area contributed by atoms with E-state index in [1.54, 1.807) is 17.0 Å². The van der Waals surface area contributed by atoms with Gasteiger partial charge in [-0.1, -0.05) is 56.2 Å². The third kappa shape index (κ3) is 14.0. The average molecular weight is 1080 g/mol. The quantitative estimate of drug-likeness (QED) is 0.0342. The van der Waals surface area contributed by atoms with Crippen LogP contribution in [-0.4, -0.2) is 112 Å². The first kappa shape index (κ1) is 55.9. The summed E-state index contributed by atoms with van der Waals surface area (Å²) >= 11 is 7.30. The maximum absolute atomic E-state index is 12.1. The molecule has 22 heteroatoms.